The van der Waals surface area contributed by atoms with Gasteiger partial charge in [-0.2, -0.15) is 4.31 Å². The van der Waals surface area contributed by atoms with Crippen molar-refractivity contribution in [1.82, 2.24) is 9.62 Å². The first-order valence-electron chi connectivity index (χ1n) is 7.91. The topological polar surface area (TPSA) is 75.7 Å². The number of hydrogen-bond acceptors (Lipinski definition) is 5. The summed E-state index contributed by atoms with van der Waals surface area (Å²) in [5.74, 6) is -0.0403. The largest absolute Gasteiger partial charge is 0.465 e. The van der Waals surface area contributed by atoms with Crippen LogP contribution in [0.15, 0.2) is 0 Å². The van der Waals surface area contributed by atoms with Crippen LogP contribution < -0.4 is 5.32 Å². The van der Waals surface area contributed by atoms with Crippen LogP contribution in [-0.2, 0) is 19.6 Å². The zero-order valence-electron chi connectivity index (χ0n) is 12.7. The second-order valence-corrected chi connectivity index (χ2v) is 7.83. The van der Waals surface area contributed by atoms with E-state index in [0.29, 0.717) is 19.6 Å². The Kier molecular flexibility index (Phi) is 6.01. The Morgan fingerprint density at radius 2 is 2.00 bits per heavy atom. The standard InChI is InChI=1S/C14H26N2O4S/c1-2-20-14(17)13-10-15-8-9-16(13)21(18,19)11-12-6-4-3-5-7-12/h12-13,15H,2-11H2,1H3. The minimum Gasteiger partial charge on any atom is -0.465 e. The summed E-state index contributed by atoms with van der Waals surface area (Å²) in [7, 11) is -3.40. The lowest BCUT2D eigenvalue weighted by molar-refractivity contribution is -0.148. The van der Waals surface area contributed by atoms with Gasteiger partial charge in [0.15, 0.2) is 0 Å². The van der Waals surface area contributed by atoms with Crippen molar-refractivity contribution in [2.75, 3.05) is 32.0 Å². The summed E-state index contributed by atoms with van der Waals surface area (Å²) in [6, 6.07) is -0.715. The summed E-state index contributed by atoms with van der Waals surface area (Å²) in [6.07, 6.45) is 5.40. The molecule has 1 saturated heterocycles. The molecule has 0 aromatic carbocycles. The van der Waals surface area contributed by atoms with E-state index < -0.39 is 22.0 Å². The van der Waals surface area contributed by atoms with E-state index in [2.05, 4.69) is 5.32 Å². The predicted octanol–water partition coefficient (Wildman–Crippen LogP) is 0.733. The van der Waals surface area contributed by atoms with Crippen LogP contribution in [0.1, 0.15) is 39.0 Å². The first-order valence-corrected chi connectivity index (χ1v) is 9.52. The molecule has 1 heterocycles. The van der Waals surface area contributed by atoms with E-state index in [9.17, 15) is 13.2 Å². The maximum atomic E-state index is 12.7. The van der Waals surface area contributed by atoms with Crippen LogP contribution in [0, 0.1) is 5.92 Å². The number of nitrogens with one attached hydrogen (secondary N) is 1. The van der Waals surface area contributed by atoms with Crippen LogP contribution in [-0.4, -0.2) is 56.7 Å². The average Bonchev–Trinajstić information content (AvgIpc) is 2.48. The Balaban J connectivity index is 2.05. The lowest BCUT2D eigenvalue weighted by Crippen LogP contribution is -2.58. The van der Waals surface area contributed by atoms with Gasteiger partial charge in [-0.1, -0.05) is 19.3 Å². The normalized spacial score (nSPS) is 25.7. The van der Waals surface area contributed by atoms with Crippen molar-refractivity contribution < 1.29 is 17.9 Å². The molecule has 2 fully saturated rings. The van der Waals surface area contributed by atoms with Crippen molar-refractivity contribution in [3.8, 4) is 0 Å². The smallest absolute Gasteiger partial charge is 0.325 e. The Labute approximate surface area is 127 Å². The second kappa shape index (κ2) is 7.56. The molecule has 7 heteroatoms. The quantitative estimate of drug-likeness (QED) is 0.757. The fourth-order valence-electron chi connectivity index (χ4n) is 3.21. The minimum absolute atomic E-state index is 0.170. The van der Waals surface area contributed by atoms with Gasteiger partial charge < -0.3 is 10.1 Å². The van der Waals surface area contributed by atoms with Gasteiger partial charge in [0.05, 0.1) is 12.4 Å². The molecule has 0 spiro atoms. The second-order valence-electron chi connectivity index (χ2n) is 5.87. The molecule has 1 aliphatic heterocycles. The molecule has 1 unspecified atom stereocenters. The summed E-state index contributed by atoms with van der Waals surface area (Å²) in [5.41, 5.74) is 0. The highest BCUT2D eigenvalue weighted by Gasteiger charge is 2.38. The average molecular weight is 318 g/mol. The fraction of sp³-hybridized carbons (Fsp3) is 0.929. The highest BCUT2D eigenvalue weighted by Crippen LogP contribution is 2.26. The highest BCUT2D eigenvalue weighted by atomic mass is 32.2. The predicted molar refractivity (Wildman–Crippen MR) is 80.4 cm³/mol. The minimum atomic E-state index is -3.40. The fourth-order valence-corrected chi connectivity index (χ4v) is 5.24. The number of hydrogen-bond donors (Lipinski definition) is 1. The number of rotatable bonds is 5. The lowest BCUT2D eigenvalue weighted by Gasteiger charge is -2.34. The Bertz CT molecular complexity index is 446. The van der Waals surface area contributed by atoms with Gasteiger partial charge in [0.2, 0.25) is 10.0 Å². The number of carbonyl (C=O) groups excluding carboxylic acids is 1. The van der Waals surface area contributed by atoms with Crippen molar-refractivity contribution in [2.45, 2.75) is 45.1 Å². The number of esters is 1. The first-order chi connectivity index (χ1) is 10.0. The van der Waals surface area contributed by atoms with Gasteiger partial charge in [-0.05, 0) is 25.7 Å². The molecule has 1 N–H and O–H groups in total. The van der Waals surface area contributed by atoms with Crippen LogP contribution in [0.2, 0.25) is 0 Å². The molecule has 6 nitrogen and oxygen atoms in total. The molecular formula is C14H26N2O4S. The van der Waals surface area contributed by atoms with E-state index in [1.165, 1.54) is 10.7 Å². The maximum Gasteiger partial charge on any atom is 0.325 e. The molecule has 2 rings (SSSR count). The van der Waals surface area contributed by atoms with Crippen molar-refractivity contribution in [3.05, 3.63) is 0 Å². The molecule has 0 amide bonds. The van der Waals surface area contributed by atoms with E-state index in [1.54, 1.807) is 6.92 Å². The zero-order valence-corrected chi connectivity index (χ0v) is 13.5. The van der Waals surface area contributed by atoms with Crippen molar-refractivity contribution in [2.24, 2.45) is 5.92 Å². The molecular weight excluding hydrogens is 292 g/mol. The molecule has 1 saturated carbocycles. The van der Waals surface area contributed by atoms with E-state index in [0.717, 1.165) is 25.7 Å². The summed E-state index contributed by atoms with van der Waals surface area (Å²) < 4.78 is 31.7. The van der Waals surface area contributed by atoms with Gasteiger partial charge >= 0.3 is 5.97 Å². The maximum absolute atomic E-state index is 12.7. The molecule has 0 radical (unpaired) electrons. The third-order valence-corrected chi connectivity index (χ3v) is 6.33. The van der Waals surface area contributed by atoms with Crippen molar-refractivity contribution in [1.29, 1.82) is 0 Å². The monoisotopic (exact) mass is 318 g/mol. The molecule has 0 bridgehead atoms. The lowest BCUT2D eigenvalue weighted by atomic mass is 9.91. The Morgan fingerprint density at radius 3 is 2.67 bits per heavy atom. The molecule has 1 aliphatic carbocycles. The van der Waals surface area contributed by atoms with Crippen LogP contribution >= 0.6 is 0 Å². The van der Waals surface area contributed by atoms with Crippen LogP contribution in [0.4, 0.5) is 0 Å². The third kappa shape index (κ3) is 4.40. The van der Waals surface area contributed by atoms with Crippen LogP contribution in [0.5, 0.6) is 0 Å². The van der Waals surface area contributed by atoms with Gasteiger partial charge in [-0.15, -0.1) is 0 Å². The molecule has 21 heavy (non-hydrogen) atoms. The van der Waals surface area contributed by atoms with Crippen LogP contribution in [0.3, 0.4) is 0 Å². The zero-order chi connectivity index (χ0) is 15.3. The molecule has 0 aromatic rings. The summed E-state index contributed by atoms with van der Waals surface area (Å²) in [5, 5.41) is 3.07. The number of sulfonamides is 1. The number of piperazine rings is 1. The van der Waals surface area contributed by atoms with E-state index in [1.807, 2.05) is 0 Å². The SMILES string of the molecule is CCOC(=O)C1CNCCN1S(=O)(=O)CC1CCCCC1. The molecule has 2 aliphatic rings. The van der Waals surface area contributed by atoms with Gasteiger partial charge in [-0.25, -0.2) is 8.42 Å². The van der Waals surface area contributed by atoms with E-state index in [-0.39, 0.29) is 18.3 Å². The van der Waals surface area contributed by atoms with Gasteiger partial charge in [-0.3, -0.25) is 4.79 Å². The summed E-state index contributed by atoms with van der Waals surface area (Å²) in [4.78, 5) is 12.0. The van der Waals surface area contributed by atoms with Crippen molar-refractivity contribution >= 4 is 16.0 Å². The van der Waals surface area contributed by atoms with Gasteiger partial charge in [0.1, 0.15) is 6.04 Å². The third-order valence-electron chi connectivity index (χ3n) is 4.28. The number of carbonyl (C=O) groups is 1. The van der Waals surface area contributed by atoms with Gasteiger partial charge in [0, 0.05) is 19.6 Å². The van der Waals surface area contributed by atoms with Crippen LogP contribution in [0.25, 0.3) is 0 Å². The van der Waals surface area contributed by atoms with E-state index >= 15 is 0 Å². The molecule has 122 valence electrons. The molecule has 1 atom stereocenters. The number of nitrogens with zero attached hydrogens (tertiary/aromatic N) is 1. The molecule has 0 aromatic heterocycles. The first kappa shape index (κ1) is 16.7. The summed E-state index contributed by atoms with van der Waals surface area (Å²) in [6.45, 7) is 3.27. The van der Waals surface area contributed by atoms with E-state index in [4.69, 9.17) is 4.74 Å². The Morgan fingerprint density at radius 1 is 1.29 bits per heavy atom. The highest BCUT2D eigenvalue weighted by molar-refractivity contribution is 7.89. The number of ether oxygens (including phenoxy) is 1. The van der Waals surface area contributed by atoms with Gasteiger partial charge in [0.25, 0.3) is 0 Å². The van der Waals surface area contributed by atoms with Crippen molar-refractivity contribution in [3.63, 3.8) is 0 Å². The summed E-state index contributed by atoms with van der Waals surface area (Å²) >= 11 is 0. The Hall–Kier alpha value is -0.660.